The predicted octanol–water partition coefficient (Wildman–Crippen LogP) is 3.85. The van der Waals surface area contributed by atoms with Gasteiger partial charge in [0.2, 0.25) is 10.0 Å². The number of nitrogens with zero attached hydrogens (tertiary/aromatic N) is 2. The van der Waals surface area contributed by atoms with Crippen molar-refractivity contribution in [3.8, 4) is 11.4 Å². The Labute approximate surface area is 163 Å². The Bertz CT molecular complexity index is 1360. The second-order valence-corrected chi connectivity index (χ2v) is 7.85. The van der Waals surface area contributed by atoms with E-state index >= 15 is 0 Å². The number of hydrogen-bond donors (Lipinski definition) is 1. The molecule has 0 aliphatic rings. The number of ether oxygens (including phenoxy) is 1. The fourth-order valence-electron chi connectivity index (χ4n) is 3.30. The fraction of sp³-hybridized carbons (Fsp3) is 0.105. The van der Waals surface area contributed by atoms with Gasteiger partial charge in [-0.05, 0) is 41.8 Å². The molecule has 0 bridgehead atoms. The molecule has 0 radical (unpaired) electrons. The van der Waals surface area contributed by atoms with Gasteiger partial charge in [0.15, 0.2) is 5.69 Å². The van der Waals surface area contributed by atoms with Gasteiger partial charge in [-0.25, -0.2) is 18.2 Å². The number of sulfonamides is 1. The van der Waals surface area contributed by atoms with E-state index in [0.717, 1.165) is 4.68 Å². The molecule has 1 aromatic heterocycles. The van der Waals surface area contributed by atoms with Crippen molar-refractivity contribution in [1.82, 2.24) is 9.78 Å². The molecule has 0 amide bonds. The number of para-hydroxylation sites is 1. The van der Waals surface area contributed by atoms with Gasteiger partial charge in [-0.15, -0.1) is 0 Å². The first kappa shape index (κ1) is 19.2. The average molecular weight is 421 g/mol. The highest BCUT2D eigenvalue weighted by Crippen LogP contribution is 2.39. The molecular formula is C19H14F3N3O3S. The van der Waals surface area contributed by atoms with Gasteiger partial charge in [0.1, 0.15) is 10.6 Å². The van der Waals surface area contributed by atoms with Crippen LogP contribution in [0.3, 0.4) is 0 Å². The average Bonchev–Trinajstić information content (AvgIpc) is 3.07. The molecule has 6 nitrogen and oxygen atoms in total. The predicted molar refractivity (Wildman–Crippen MR) is 102 cm³/mol. The van der Waals surface area contributed by atoms with Gasteiger partial charge in [0.25, 0.3) is 0 Å². The van der Waals surface area contributed by atoms with Gasteiger partial charge in [0.05, 0.1) is 18.3 Å². The SMILES string of the molecule is COc1ccc2c(ccc3c(C(F)(F)F)nn(-c4ccccc4S(N)(=O)=O)c32)c1. The standard InChI is InChI=1S/C19H14F3N3O3S/c1-28-12-7-9-13-11(10-12)6-8-14-17(13)25(24-18(14)19(20,21)22)15-4-2-3-5-16(15)29(23,26)27/h2-10H,1H3,(H2,23,26,27). The molecule has 4 rings (SSSR count). The number of aromatic nitrogens is 2. The molecule has 0 aliphatic heterocycles. The molecule has 150 valence electrons. The number of primary sulfonamides is 1. The lowest BCUT2D eigenvalue weighted by Crippen LogP contribution is -2.16. The summed E-state index contributed by atoms with van der Waals surface area (Å²) in [5.41, 5.74) is -1.07. The largest absolute Gasteiger partial charge is 0.497 e. The smallest absolute Gasteiger partial charge is 0.435 e. The zero-order valence-electron chi connectivity index (χ0n) is 14.9. The molecule has 2 N–H and O–H groups in total. The van der Waals surface area contributed by atoms with Crippen LogP contribution in [0.1, 0.15) is 5.69 Å². The molecule has 0 saturated carbocycles. The van der Waals surface area contributed by atoms with Crippen molar-refractivity contribution in [2.75, 3.05) is 7.11 Å². The van der Waals surface area contributed by atoms with Crippen molar-refractivity contribution in [2.24, 2.45) is 5.14 Å². The Morgan fingerprint density at radius 3 is 2.38 bits per heavy atom. The van der Waals surface area contributed by atoms with E-state index in [9.17, 15) is 21.6 Å². The number of fused-ring (bicyclic) bond motifs is 3. The third kappa shape index (κ3) is 3.19. The summed E-state index contributed by atoms with van der Waals surface area (Å²) in [6.07, 6.45) is -4.74. The lowest BCUT2D eigenvalue weighted by Gasteiger charge is -2.10. The van der Waals surface area contributed by atoms with E-state index in [1.807, 2.05) is 0 Å². The minimum absolute atomic E-state index is 0.0705. The Balaban J connectivity index is 2.19. The number of rotatable bonds is 3. The van der Waals surface area contributed by atoms with E-state index in [-0.39, 0.29) is 21.5 Å². The van der Waals surface area contributed by atoms with Crippen LogP contribution < -0.4 is 9.88 Å². The lowest BCUT2D eigenvalue weighted by molar-refractivity contribution is -0.140. The van der Waals surface area contributed by atoms with Crippen LogP contribution in [0.25, 0.3) is 27.4 Å². The van der Waals surface area contributed by atoms with Crippen LogP contribution in [0.15, 0.2) is 59.5 Å². The third-order valence-corrected chi connectivity index (χ3v) is 5.49. The third-order valence-electron chi connectivity index (χ3n) is 4.53. The Morgan fingerprint density at radius 2 is 1.72 bits per heavy atom. The van der Waals surface area contributed by atoms with Gasteiger partial charge < -0.3 is 4.74 Å². The molecule has 4 aromatic rings. The monoisotopic (exact) mass is 421 g/mol. The molecule has 0 spiro atoms. The minimum atomic E-state index is -4.74. The van der Waals surface area contributed by atoms with Gasteiger partial charge in [-0.1, -0.05) is 18.2 Å². The van der Waals surface area contributed by atoms with E-state index in [2.05, 4.69) is 5.10 Å². The number of alkyl halides is 3. The molecule has 0 fully saturated rings. The zero-order valence-corrected chi connectivity index (χ0v) is 15.8. The van der Waals surface area contributed by atoms with E-state index in [4.69, 9.17) is 9.88 Å². The van der Waals surface area contributed by atoms with Crippen molar-refractivity contribution >= 4 is 31.7 Å². The van der Waals surface area contributed by atoms with Crippen molar-refractivity contribution in [3.05, 3.63) is 60.3 Å². The first-order valence-electron chi connectivity index (χ1n) is 8.30. The molecule has 10 heteroatoms. The lowest BCUT2D eigenvalue weighted by atomic mass is 10.1. The highest BCUT2D eigenvalue weighted by Gasteiger charge is 2.37. The first-order valence-corrected chi connectivity index (χ1v) is 9.85. The van der Waals surface area contributed by atoms with E-state index in [0.29, 0.717) is 16.5 Å². The molecule has 0 aliphatic carbocycles. The maximum absolute atomic E-state index is 13.7. The molecule has 1 heterocycles. The Morgan fingerprint density at radius 1 is 1.03 bits per heavy atom. The second kappa shape index (κ2) is 6.46. The van der Waals surface area contributed by atoms with Crippen LogP contribution in [-0.4, -0.2) is 25.3 Å². The molecule has 0 atom stereocenters. The normalized spacial score (nSPS) is 12.6. The van der Waals surface area contributed by atoms with Gasteiger partial charge >= 0.3 is 6.18 Å². The zero-order chi connectivity index (χ0) is 21.0. The van der Waals surface area contributed by atoms with Crippen LogP contribution in [0.4, 0.5) is 13.2 Å². The number of nitrogens with two attached hydrogens (primary N) is 1. The van der Waals surface area contributed by atoms with Crippen molar-refractivity contribution < 1.29 is 26.3 Å². The molecule has 0 unspecified atom stereocenters. The quantitative estimate of drug-likeness (QED) is 0.544. The Kier molecular flexibility index (Phi) is 4.28. The van der Waals surface area contributed by atoms with Crippen LogP contribution >= 0.6 is 0 Å². The summed E-state index contributed by atoms with van der Waals surface area (Å²) >= 11 is 0. The Hall–Kier alpha value is -3.11. The molecule has 29 heavy (non-hydrogen) atoms. The minimum Gasteiger partial charge on any atom is -0.497 e. The summed E-state index contributed by atoms with van der Waals surface area (Å²) in [7, 11) is -2.72. The van der Waals surface area contributed by atoms with E-state index in [1.54, 1.807) is 18.2 Å². The summed E-state index contributed by atoms with van der Waals surface area (Å²) in [6.45, 7) is 0. The number of halogens is 3. The van der Waals surface area contributed by atoms with Crippen molar-refractivity contribution in [1.29, 1.82) is 0 Å². The summed E-state index contributed by atoms with van der Waals surface area (Å²) < 4.78 is 71.2. The van der Waals surface area contributed by atoms with Gasteiger partial charge in [-0.3, -0.25) is 0 Å². The number of benzene rings is 3. The summed E-state index contributed by atoms with van der Waals surface area (Å²) in [5, 5.41) is 9.92. The molecule has 3 aromatic carbocycles. The van der Waals surface area contributed by atoms with Gasteiger partial charge in [-0.2, -0.15) is 18.3 Å². The van der Waals surface area contributed by atoms with E-state index < -0.39 is 21.9 Å². The molecule has 0 saturated heterocycles. The number of hydrogen-bond acceptors (Lipinski definition) is 4. The molecular weight excluding hydrogens is 407 g/mol. The van der Waals surface area contributed by atoms with Crippen LogP contribution in [0, 0.1) is 0 Å². The topological polar surface area (TPSA) is 87.2 Å². The highest BCUT2D eigenvalue weighted by molar-refractivity contribution is 7.89. The maximum Gasteiger partial charge on any atom is 0.435 e. The fourth-order valence-corrected chi connectivity index (χ4v) is 4.01. The summed E-state index contributed by atoms with van der Waals surface area (Å²) in [6, 6.07) is 13.2. The maximum atomic E-state index is 13.7. The van der Waals surface area contributed by atoms with Crippen LogP contribution in [0.2, 0.25) is 0 Å². The van der Waals surface area contributed by atoms with Gasteiger partial charge in [0, 0.05) is 10.8 Å². The van der Waals surface area contributed by atoms with Crippen LogP contribution in [-0.2, 0) is 16.2 Å². The highest BCUT2D eigenvalue weighted by atomic mass is 32.2. The van der Waals surface area contributed by atoms with Crippen molar-refractivity contribution in [2.45, 2.75) is 11.1 Å². The van der Waals surface area contributed by atoms with Crippen LogP contribution in [0.5, 0.6) is 5.75 Å². The summed E-state index contributed by atoms with van der Waals surface area (Å²) in [4.78, 5) is -0.330. The van der Waals surface area contributed by atoms with Crippen molar-refractivity contribution in [3.63, 3.8) is 0 Å². The second-order valence-electron chi connectivity index (χ2n) is 6.32. The van der Waals surface area contributed by atoms with E-state index in [1.165, 1.54) is 43.5 Å². The number of methoxy groups -OCH3 is 1. The first-order chi connectivity index (χ1) is 13.6. The summed E-state index contributed by atoms with van der Waals surface area (Å²) in [5.74, 6) is 0.531.